The molecule has 1 amide bonds. The summed E-state index contributed by atoms with van der Waals surface area (Å²) in [6.07, 6.45) is 0. The summed E-state index contributed by atoms with van der Waals surface area (Å²) in [4.78, 5) is 36.0. The summed E-state index contributed by atoms with van der Waals surface area (Å²) in [6, 6.07) is 12.0. The van der Waals surface area contributed by atoms with E-state index in [2.05, 4.69) is 5.32 Å². The number of para-hydroxylation sites is 1. The Morgan fingerprint density at radius 1 is 1.10 bits per heavy atom. The number of hydrogen-bond donors (Lipinski definition) is 1. The van der Waals surface area contributed by atoms with Gasteiger partial charge in [0.1, 0.15) is 5.58 Å². The average Bonchev–Trinajstić information content (AvgIpc) is 2.69. The summed E-state index contributed by atoms with van der Waals surface area (Å²) in [5.74, 6) is -0.106. The first kappa shape index (κ1) is 20.7. The van der Waals surface area contributed by atoms with Crippen molar-refractivity contribution in [2.45, 2.75) is 19.6 Å². The van der Waals surface area contributed by atoms with Crippen LogP contribution in [0.5, 0.6) is 0 Å². The number of nitrogens with one attached hydrogen (secondary N) is 1. The highest BCUT2D eigenvalue weighted by Crippen LogP contribution is 2.25. The Labute approximate surface area is 172 Å². The molecule has 0 atom stereocenters. The highest BCUT2D eigenvalue weighted by Gasteiger charge is 2.14. The normalized spacial score (nSPS) is 10.7. The summed E-state index contributed by atoms with van der Waals surface area (Å²) in [5, 5.41) is 3.61. The molecule has 0 spiro atoms. The summed E-state index contributed by atoms with van der Waals surface area (Å²) in [6.45, 7) is 3.97. The van der Waals surface area contributed by atoms with Crippen LogP contribution in [-0.2, 0) is 15.3 Å². The SMILES string of the molecule is COC(=O)c1ccccc1NC(=O)CSCc1cc(=O)oc2cc(C)c(C)cc12. The molecule has 0 saturated heterocycles. The smallest absolute Gasteiger partial charge is 0.339 e. The van der Waals surface area contributed by atoms with E-state index in [1.54, 1.807) is 24.3 Å². The third-order valence-electron chi connectivity index (χ3n) is 4.54. The van der Waals surface area contributed by atoms with E-state index in [0.717, 1.165) is 22.1 Å². The largest absolute Gasteiger partial charge is 0.465 e. The zero-order valence-corrected chi connectivity index (χ0v) is 17.2. The molecule has 1 aromatic heterocycles. The number of methoxy groups -OCH3 is 1. The van der Waals surface area contributed by atoms with Gasteiger partial charge in [-0.15, -0.1) is 11.8 Å². The van der Waals surface area contributed by atoms with Gasteiger partial charge in [-0.3, -0.25) is 4.79 Å². The Morgan fingerprint density at radius 3 is 2.59 bits per heavy atom. The minimum Gasteiger partial charge on any atom is -0.465 e. The van der Waals surface area contributed by atoms with E-state index in [0.29, 0.717) is 22.6 Å². The van der Waals surface area contributed by atoms with Gasteiger partial charge in [0.2, 0.25) is 5.91 Å². The summed E-state index contributed by atoms with van der Waals surface area (Å²) < 4.78 is 10.0. The van der Waals surface area contributed by atoms with Crippen molar-refractivity contribution >= 4 is 40.3 Å². The molecule has 0 fully saturated rings. The molecule has 0 unspecified atom stereocenters. The predicted molar refractivity (Wildman–Crippen MR) is 115 cm³/mol. The number of amides is 1. The number of carbonyl (C=O) groups is 2. The molecule has 0 aliphatic carbocycles. The number of ether oxygens (including phenoxy) is 1. The standard InChI is InChI=1S/C22H21NO5S/c1-13-8-17-15(10-21(25)28-19(17)9-14(13)2)11-29-12-20(24)23-18-7-5-4-6-16(18)22(26)27-3/h4-10H,11-12H2,1-3H3,(H,23,24). The maximum Gasteiger partial charge on any atom is 0.339 e. The molecule has 0 aliphatic rings. The van der Waals surface area contributed by atoms with E-state index in [1.807, 2.05) is 26.0 Å². The van der Waals surface area contributed by atoms with Crippen molar-refractivity contribution in [2.24, 2.45) is 0 Å². The Balaban J connectivity index is 1.69. The molecule has 0 aliphatic heterocycles. The Hall–Kier alpha value is -3.06. The van der Waals surface area contributed by atoms with Crippen molar-refractivity contribution in [2.75, 3.05) is 18.2 Å². The minimum absolute atomic E-state index is 0.169. The molecular formula is C22H21NO5S. The third kappa shape index (κ3) is 4.86. The van der Waals surface area contributed by atoms with Crippen LogP contribution in [-0.4, -0.2) is 24.7 Å². The van der Waals surface area contributed by atoms with Crippen LogP contribution in [0.1, 0.15) is 27.0 Å². The van der Waals surface area contributed by atoms with Crippen molar-refractivity contribution < 1.29 is 18.7 Å². The van der Waals surface area contributed by atoms with Gasteiger partial charge < -0.3 is 14.5 Å². The zero-order valence-electron chi connectivity index (χ0n) is 16.4. The Morgan fingerprint density at radius 2 is 1.83 bits per heavy atom. The van der Waals surface area contributed by atoms with Gasteiger partial charge in [0.05, 0.1) is 24.1 Å². The summed E-state index contributed by atoms with van der Waals surface area (Å²) in [5.41, 5.74) is 3.82. The highest BCUT2D eigenvalue weighted by atomic mass is 32.2. The molecule has 1 heterocycles. The molecule has 7 heteroatoms. The molecule has 3 rings (SSSR count). The number of benzene rings is 2. The molecular weight excluding hydrogens is 390 g/mol. The monoisotopic (exact) mass is 411 g/mol. The van der Waals surface area contributed by atoms with Crippen molar-refractivity contribution in [3.05, 3.63) is 75.1 Å². The van der Waals surface area contributed by atoms with Crippen LogP contribution in [0.25, 0.3) is 11.0 Å². The number of rotatable bonds is 6. The van der Waals surface area contributed by atoms with Gasteiger partial charge in [-0.25, -0.2) is 9.59 Å². The maximum absolute atomic E-state index is 12.3. The fraction of sp³-hybridized carbons (Fsp3) is 0.227. The minimum atomic E-state index is -0.512. The van der Waals surface area contributed by atoms with Crippen molar-refractivity contribution in [1.82, 2.24) is 0 Å². The van der Waals surface area contributed by atoms with Crippen molar-refractivity contribution in [1.29, 1.82) is 0 Å². The lowest BCUT2D eigenvalue weighted by atomic mass is 10.0. The maximum atomic E-state index is 12.3. The number of fused-ring (bicyclic) bond motifs is 1. The first-order valence-electron chi connectivity index (χ1n) is 8.98. The summed E-state index contributed by atoms with van der Waals surface area (Å²) >= 11 is 1.38. The van der Waals surface area contributed by atoms with Gasteiger partial charge in [0.15, 0.2) is 0 Å². The van der Waals surface area contributed by atoms with Crippen molar-refractivity contribution in [3.63, 3.8) is 0 Å². The van der Waals surface area contributed by atoms with E-state index >= 15 is 0 Å². The predicted octanol–water partition coefficient (Wildman–Crippen LogP) is 4.07. The number of esters is 1. The van der Waals surface area contributed by atoms with Crippen LogP contribution < -0.4 is 10.9 Å². The molecule has 0 radical (unpaired) electrons. The molecule has 0 bridgehead atoms. The lowest BCUT2D eigenvalue weighted by Gasteiger charge is -2.10. The van der Waals surface area contributed by atoms with Gasteiger partial charge >= 0.3 is 11.6 Å². The first-order valence-corrected chi connectivity index (χ1v) is 10.1. The van der Waals surface area contributed by atoms with E-state index in [9.17, 15) is 14.4 Å². The Kier molecular flexibility index (Phi) is 6.39. The van der Waals surface area contributed by atoms with Crippen LogP contribution in [0.4, 0.5) is 5.69 Å². The lowest BCUT2D eigenvalue weighted by Crippen LogP contribution is -2.17. The third-order valence-corrected chi connectivity index (χ3v) is 5.52. The number of carbonyl (C=O) groups excluding carboxylic acids is 2. The van der Waals surface area contributed by atoms with Crippen LogP contribution in [0.3, 0.4) is 0 Å². The van der Waals surface area contributed by atoms with E-state index in [4.69, 9.17) is 9.15 Å². The van der Waals surface area contributed by atoms with E-state index in [-0.39, 0.29) is 11.7 Å². The molecule has 6 nitrogen and oxygen atoms in total. The number of aryl methyl sites for hydroxylation is 2. The van der Waals surface area contributed by atoms with Gasteiger partial charge in [0.25, 0.3) is 0 Å². The highest BCUT2D eigenvalue weighted by molar-refractivity contribution is 7.99. The molecule has 3 aromatic rings. The van der Waals surface area contributed by atoms with Gasteiger partial charge in [-0.1, -0.05) is 12.1 Å². The topological polar surface area (TPSA) is 85.6 Å². The second-order valence-electron chi connectivity index (χ2n) is 6.60. The van der Waals surface area contributed by atoms with Gasteiger partial charge in [-0.05, 0) is 54.8 Å². The molecule has 2 aromatic carbocycles. The molecule has 0 saturated carbocycles. The number of thioether (sulfide) groups is 1. The van der Waals surface area contributed by atoms with Crippen LogP contribution in [0.15, 0.2) is 51.7 Å². The quantitative estimate of drug-likeness (QED) is 0.486. The molecule has 29 heavy (non-hydrogen) atoms. The molecule has 150 valence electrons. The van der Waals surface area contributed by atoms with Gasteiger partial charge in [0, 0.05) is 17.2 Å². The zero-order chi connectivity index (χ0) is 21.0. The lowest BCUT2D eigenvalue weighted by molar-refractivity contribution is -0.113. The average molecular weight is 411 g/mol. The Bertz CT molecular complexity index is 1140. The van der Waals surface area contributed by atoms with E-state index < -0.39 is 11.6 Å². The first-order chi connectivity index (χ1) is 13.9. The fourth-order valence-corrected chi connectivity index (χ4v) is 3.74. The fourth-order valence-electron chi connectivity index (χ4n) is 2.92. The van der Waals surface area contributed by atoms with E-state index in [1.165, 1.54) is 24.9 Å². The van der Waals surface area contributed by atoms with Crippen LogP contribution in [0, 0.1) is 13.8 Å². The molecule has 1 N–H and O–H groups in total. The number of anilines is 1. The second kappa shape index (κ2) is 8.96. The van der Waals surface area contributed by atoms with Crippen LogP contribution >= 0.6 is 11.8 Å². The second-order valence-corrected chi connectivity index (χ2v) is 7.59. The van der Waals surface area contributed by atoms with Crippen molar-refractivity contribution in [3.8, 4) is 0 Å². The summed E-state index contributed by atoms with van der Waals surface area (Å²) in [7, 11) is 1.29. The number of hydrogen-bond acceptors (Lipinski definition) is 6. The van der Waals surface area contributed by atoms with Crippen LogP contribution in [0.2, 0.25) is 0 Å². The van der Waals surface area contributed by atoms with Gasteiger partial charge in [-0.2, -0.15) is 0 Å².